The van der Waals surface area contributed by atoms with Gasteiger partial charge >= 0.3 is 90.3 Å². The largest absolute Gasteiger partial charge is 0.396 e. The van der Waals surface area contributed by atoms with Gasteiger partial charge in [-0.05, 0) is 71.1 Å². The van der Waals surface area contributed by atoms with Crippen molar-refractivity contribution in [3.63, 3.8) is 0 Å². The van der Waals surface area contributed by atoms with Crippen LogP contribution in [-0.2, 0) is 46.9 Å². The van der Waals surface area contributed by atoms with Crippen molar-refractivity contribution in [1.82, 2.24) is 0 Å². The molecule has 0 saturated heterocycles. The van der Waals surface area contributed by atoms with E-state index in [1.54, 1.807) is 0 Å². The molecule has 0 aliphatic heterocycles. The van der Waals surface area contributed by atoms with Crippen molar-refractivity contribution in [2.24, 2.45) is 22.7 Å². The zero-order valence-electron chi connectivity index (χ0n) is 30.1. The van der Waals surface area contributed by atoms with E-state index in [2.05, 4.69) is 164 Å². The summed E-state index contributed by atoms with van der Waals surface area (Å²) in [5.74, 6) is 1.49. The molecule has 2 rings (SSSR count). The number of aliphatic hydroxyl groups excluding tert-OH is 1. The van der Waals surface area contributed by atoms with Gasteiger partial charge in [0.1, 0.15) is 0 Å². The quantitative estimate of drug-likeness (QED) is 0.156. The van der Waals surface area contributed by atoms with E-state index in [4.69, 9.17) is 9.84 Å². The van der Waals surface area contributed by atoms with E-state index >= 15 is 0 Å². The fraction of sp³-hybridized carbons (Fsp3) is 0.882. The summed E-state index contributed by atoms with van der Waals surface area (Å²) in [6, 6.07) is 0. The molecular formula is C34H70I6O2W2-2. The first kappa shape index (κ1) is 61.5. The second-order valence-electron chi connectivity index (χ2n) is 14.4. The fourth-order valence-electron chi connectivity index (χ4n) is 3.17. The van der Waals surface area contributed by atoms with Crippen molar-refractivity contribution in [2.45, 2.75) is 159 Å². The third kappa shape index (κ3) is 69.2. The van der Waals surface area contributed by atoms with Crippen LogP contribution in [0.2, 0.25) is 0 Å². The molecule has 44 heavy (non-hydrogen) atoms. The predicted molar refractivity (Wildman–Crippen MR) is 249 cm³/mol. The molecule has 1 N–H and O–H groups in total. The monoisotopic (exact) mass is 1640 g/mol. The molecule has 274 valence electrons. The van der Waals surface area contributed by atoms with Crippen LogP contribution in [0.15, 0.2) is 12.2 Å². The second kappa shape index (κ2) is 38.2. The minimum atomic E-state index is -0.314. The fourth-order valence-corrected chi connectivity index (χ4v) is 3.17. The zero-order valence-corrected chi connectivity index (χ0v) is 48.9. The van der Waals surface area contributed by atoms with Gasteiger partial charge in [0, 0.05) is 48.7 Å². The molecule has 0 unspecified atom stereocenters. The van der Waals surface area contributed by atoms with Gasteiger partial charge in [0.15, 0.2) is 0 Å². The van der Waals surface area contributed by atoms with Crippen LogP contribution < -0.4 is 0 Å². The number of rotatable bonds is 7. The first-order chi connectivity index (χ1) is 19.0. The normalized spacial score (nSPS) is 15.9. The van der Waals surface area contributed by atoms with Crippen molar-refractivity contribution in [2.75, 3.05) is 13.2 Å². The summed E-state index contributed by atoms with van der Waals surface area (Å²) < 4.78 is 5.92. The number of hydrogen-bond acceptors (Lipinski definition) is 2. The van der Waals surface area contributed by atoms with Crippen molar-refractivity contribution in [1.29, 1.82) is 0 Å². The summed E-state index contributed by atoms with van der Waals surface area (Å²) in [6.45, 7) is 35.8. The molecular weight excluding hydrogens is 1570 g/mol. The summed E-state index contributed by atoms with van der Waals surface area (Å²) in [5.41, 5.74) is 1.85. The number of hydrogen-bond donors (Lipinski definition) is 1. The maximum absolute atomic E-state index is 8.69. The van der Waals surface area contributed by atoms with Gasteiger partial charge in [0.25, 0.3) is 0 Å². The predicted octanol–water partition coefficient (Wildman–Crippen LogP) is 16.3. The number of aliphatic hydroxyl groups is 1. The van der Waals surface area contributed by atoms with Crippen LogP contribution in [0.4, 0.5) is 0 Å². The van der Waals surface area contributed by atoms with Crippen molar-refractivity contribution >= 4 is 90.3 Å². The SMILES string of the molecule is C=C(C)CC.CCC(C)(C)OCC1CCCCC1.II(I)I(I)I.OCC1CCCCC1.[CH2-]C(C)(C)C.[CH2-]C(C)(C)C.[W].[W]. The van der Waals surface area contributed by atoms with Crippen LogP contribution in [0.25, 0.3) is 0 Å². The van der Waals surface area contributed by atoms with Gasteiger partial charge in [-0.15, -0.1) is 6.58 Å². The molecule has 0 aromatic carbocycles. The Morgan fingerprint density at radius 1 is 0.727 bits per heavy atom. The molecule has 0 radical (unpaired) electrons. The summed E-state index contributed by atoms with van der Waals surface area (Å²) in [6.07, 6.45) is 15.9. The minimum absolute atomic E-state index is 0. The first-order valence-corrected chi connectivity index (χ1v) is 47.1. The van der Waals surface area contributed by atoms with Crippen molar-refractivity contribution in [3.05, 3.63) is 26.0 Å². The molecule has 2 fully saturated rings. The van der Waals surface area contributed by atoms with Crippen molar-refractivity contribution in [3.8, 4) is 0 Å². The molecule has 0 aromatic rings. The van der Waals surface area contributed by atoms with E-state index in [1.807, 2.05) is 6.92 Å². The molecule has 10 heteroatoms. The molecule has 0 bridgehead atoms. The van der Waals surface area contributed by atoms with E-state index in [1.165, 1.54) is 69.8 Å². The summed E-state index contributed by atoms with van der Waals surface area (Å²) >= 11 is 10.5. The van der Waals surface area contributed by atoms with Gasteiger partial charge in [0.05, 0.1) is 12.2 Å². The molecule has 2 nitrogen and oxygen atoms in total. The van der Waals surface area contributed by atoms with Crippen LogP contribution in [-0.4, -0.2) is 23.9 Å². The van der Waals surface area contributed by atoms with Gasteiger partial charge in [-0.3, -0.25) is 0 Å². The third-order valence-electron chi connectivity index (χ3n) is 5.95. The Morgan fingerprint density at radius 3 is 1.18 bits per heavy atom. The standard InChI is InChI=1S/C12H24O.C7H14O.2C5H11.C5H10.I6.2W/c1-4-12(2,3)13-10-11-8-6-5-7-9-11;8-6-7-4-2-1-3-5-7;2*1-5(2,3)4;1-4-5(2)3;1-5(2)6(3)4;;/h11H,4-10H2,1-3H3;7-8H,1-6H2;2*1H2,2-4H3;2,4H2,1,3H3;;;/q;;2*-1;;;;. The average molecular weight is 1640 g/mol. The molecule has 2 aliphatic carbocycles. The van der Waals surface area contributed by atoms with Crippen LogP contribution in [0.3, 0.4) is 0 Å². The zero-order chi connectivity index (χ0) is 34.0. The second-order valence-corrected chi connectivity index (χ2v) is 112. The molecule has 0 spiro atoms. The Morgan fingerprint density at radius 2 is 1.00 bits per heavy atom. The van der Waals surface area contributed by atoms with E-state index < -0.39 is 0 Å². The van der Waals surface area contributed by atoms with Gasteiger partial charge < -0.3 is 23.7 Å². The maximum Gasteiger partial charge on any atom is 0.0459 e. The Kier molecular flexibility index (Phi) is 53.3. The summed E-state index contributed by atoms with van der Waals surface area (Å²) in [5, 5.41) is 8.69. The molecule has 0 aromatic heterocycles. The molecule has 0 amide bonds. The first-order valence-electron chi connectivity index (χ1n) is 15.7. The van der Waals surface area contributed by atoms with E-state index in [0.29, 0.717) is 12.5 Å². The minimum Gasteiger partial charge on any atom is -0.396 e. The Bertz CT molecular complexity index is 553. The Balaban J connectivity index is -0.000000103. The maximum atomic E-state index is 8.69. The third-order valence-corrected chi connectivity index (χ3v) is 171. The van der Waals surface area contributed by atoms with Crippen LogP contribution >= 0.6 is 90.3 Å². The Hall–Kier alpha value is 5.42. The van der Waals surface area contributed by atoms with Gasteiger partial charge in [-0.25, -0.2) is 0 Å². The van der Waals surface area contributed by atoms with Gasteiger partial charge in [0.2, 0.25) is 0 Å². The average Bonchev–Trinajstić information content (AvgIpc) is 2.88. The van der Waals surface area contributed by atoms with Gasteiger partial charge in [-0.1, -0.05) is 99.5 Å². The Labute approximate surface area is 356 Å². The van der Waals surface area contributed by atoms with Crippen LogP contribution in [0.1, 0.15) is 153 Å². The van der Waals surface area contributed by atoms with E-state index in [0.717, 1.165) is 25.4 Å². The molecule has 0 atom stereocenters. The van der Waals surface area contributed by atoms with Crippen LogP contribution in [0, 0.1) is 36.5 Å². The smallest absolute Gasteiger partial charge is 0.0459 e. The van der Waals surface area contributed by atoms with Crippen molar-refractivity contribution < 1.29 is 52.0 Å². The topological polar surface area (TPSA) is 29.5 Å². The van der Waals surface area contributed by atoms with E-state index in [9.17, 15) is 0 Å². The molecule has 0 heterocycles. The summed E-state index contributed by atoms with van der Waals surface area (Å²) in [7, 11) is -0.628. The summed E-state index contributed by atoms with van der Waals surface area (Å²) in [4.78, 5) is 0. The number of ether oxygens (including phenoxy) is 1. The number of halogens is 6. The molecule has 2 saturated carbocycles. The number of allylic oxidation sites excluding steroid dienone is 1. The van der Waals surface area contributed by atoms with Gasteiger partial charge in [-0.2, -0.15) is 10.8 Å². The van der Waals surface area contributed by atoms with Crippen LogP contribution in [0.5, 0.6) is 0 Å². The molecule has 2 aliphatic rings. The van der Waals surface area contributed by atoms with E-state index in [-0.39, 0.29) is 74.4 Å².